The molecule has 0 radical (unpaired) electrons. The number of carbonyl (C=O) groups is 1. The summed E-state index contributed by atoms with van der Waals surface area (Å²) in [5.74, 6) is 0.884. The van der Waals surface area contributed by atoms with E-state index in [9.17, 15) is 4.79 Å². The van der Waals surface area contributed by atoms with Gasteiger partial charge in [0.05, 0.1) is 19.3 Å². The van der Waals surface area contributed by atoms with Crippen LogP contribution in [0.1, 0.15) is 77.7 Å². The van der Waals surface area contributed by atoms with Crippen molar-refractivity contribution < 1.29 is 14.6 Å². The molecule has 0 saturated heterocycles. The molecule has 0 spiro atoms. The van der Waals surface area contributed by atoms with Gasteiger partial charge in [-0.1, -0.05) is 50.3 Å². The second kappa shape index (κ2) is 16.1. The molecule has 1 rings (SSSR count). The third-order valence-corrected chi connectivity index (χ3v) is 5.32. The minimum Gasteiger partial charge on any atom is -0.493 e. The van der Waals surface area contributed by atoms with E-state index < -0.39 is 0 Å². The van der Waals surface area contributed by atoms with Gasteiger partial charge in [0.2, 0.25) is 5.91 Å². The summed E-state index contributed by atoms with van der Waals surface area (Å²) in [6.07, 6.45) is 14.9. The number of amides is 1. The molecule has 176 valence electrons. The number of nitrogens with one attached hydrogen (secondary N) is 1. The van der Waals surface area contributed by atoms with E-state index in [0.717, 1.165) is 44.3 Å². The molecule has 1 aromatic carbocycles. The zero-order valence-electron chi connectivity index (χ0n) is 20.0. The zero-order valence-corrected chi connectivity index (χ0v) is 20.0. The fraction of sp³-hybridized carbons (Fsp3) is 0.556. The minimum atomic E-state index is -0.178. The van der Waals surface area contributed by atoms with E-state index >= 15 is 0 Å². The predicted octanol–water partition coefficient (Wildman–Crippen LogP) is 5.60. The molecule has 1 aromatic rings. The van der Waals surface area contributed by atoms with Crippen LogP contribution < -0.4 is 10.1 Å². The quantitative estimate of drug-likeness (QED) is 0.259. The topological polar surface area (TPSA) is 82.3 Å². The third-order valence-electron chi connectivity index (χ3n) is 5.32. The average Bonchev–Trinajstić information content (AvgIpc) is 2.77. The fourth-order valence-electron chi connectivity index (χ4n) is 3.29. The van der Waals surface area contributed by atoms with Gasteiger partial charge in [-0.25, -0.2) is 0 Å². The van der Waals surface area contributed by atoms with Gasteiger partial charge in [0.15, 0.2) is 0 Å². The first-order chi connectivity index (χ1) is 15.4. The van der Waals surface area contributed by atoms with Gasteiger partial charge in [0.1, 0.15) is 5.75 Å². The van der Waals surface area contributed by atoms with Crippen LogP contribution in [0.5, 0.6) is 5.75 Å². The lowest BCUT2D eigenvalue weighted by Crippen LogP contribution is -2.34. The molecule has 0 saturated carbocycles. The molecular formula is C27H40N2O3. The van der Waals surface area contributed by atoms with Crippen molar-refractivity contribution in [3.05, 3.63) is 54.1 Å². The number of hydrogen-bond donors (Lipinski definition) is 2. The van der Waals surface area contributed by atoms with Gasteiger partial charge in [0, 0.05) is 18.9 Å². The first-order valence-electron chi connectivity index (χ1n) is 11.7. The van der Waals surface area contributed by atoms with Crippen molar-refractivity contribution in [3.8, 4) is 11.8 Å². The first kappa shape index (κ1) is 27.5. The Morgan fingerprint density at radius 3 is 2.69 bits per heavy atom. The van der Waals surface area contributed by atoms with Gasteiger partial charge in [0.25, 0.3) is 0 Å². The molecule has 0 aliphatic rings. The largest absolute Gasteiger partial charge is 0.493 e. The van der Waals surface area contributed by atoms with Gasteiger partial charge in [-0.2, -0.15) is 5.26 Å². The van der Waals surface area contributed by atoms with Crippen molar-refractivity contribution in [2.75, 3.05) is 13.2 Å². The molecule has 0 aliphatic heterocycles. The molecule has 5 nitrogen and oxygen atoms in total. The number of aliphatic hydroxyl groups excluding tert-OH is 1. The number of allylic oxidation sites excluding steroid dienone is 3. The minimum absolute atomic E-state index is 0.00653. The number of aliphatic hydroxyl groups is 1. The summed E-state index contributed by atoms with van der Waals surface area (Å²) in [7, 11) is 0. The Morgan fingerprint density at radius 1 is 1.22 bits per heavy atom. The molecule has 2 N–H and O–H groups in total. The molecule has 5 heteroatoms. The molecule has 0 aliphatic carbocycles. The highest BCUT2D eigenvalue weighted by atomic mass is 16.5. The van der Waals surface area contributed by atoms with Gasteiger partial charge in [-0.3, -0.25) is 4.79 Å². The maximum absolute atomic E-state index is 11.6. The normalized spacial score (nSPS) is 12.7. The number of hydrogen-bond acceptors (Lipinski definition) is 4. The van der Waals surface area contributed by atoms with Gasteiger partial charge < -0.3 is 15.2 Å². The van der Waals surface area contributed by atoms with E-state index in [1.165, 1.54) is 5.56 Å². The average molecular weight is 441 g/mol. The van der Waals surface area contributed by atoms with Crippen LogP contribution >= 0.6 is 0 Å². The highest BCUT2D eigenvalue weighted by Gasteiger charge is 2.20. The van der Waals surface area contributed by atoms with E-state index in [1.807, 2.05) is 12.1 Å². The second-order valence-corrected chi connectivity index (χ2v) is 8.78. The zero-order chi connectivity index (χ0) is 23.7. The van der Waals surface area contributed by atoms with Crippen LogP contribution in [0, 0.1) is 11.3 Å². The lowest BCUT2D eigenvalue weighted by atomic mass is 9.80. The number of benzene rings is 1. The van der Waals surface area contributed by atoms with Crippen LogP contribution in [0.4, 0.5) is 0 Å². The predicted molar refractivity (Wildman–Crippen MR) is 130 cm³/mol. The lowest BCUT2D eigenvalue weighted by Gasteiger charge is -2.25. The smallest absolute Gasteiger partial charge is 0.220 e. The van der Waals surface area contributed by atoms with Crippen molar-refractivity contribution in [2.24, 2.45) is 0 Å². The molecule has 0 aromatic heterocycles. The molecule has 0 bridgehead atoms. The molecule has 0 heterocycles. The van der Waals surface area contributed by atoms with Gasteiger partial charge in [-0.05, 0) is 68.6 Å². The number of rotatable bonds is 16. The first-order valence-corrected chi connectivity index (χ1v) is 11.7. The molecule has 0 fully saturated rings. The van der Waals surface area contributed by atoms with Gasteiger partial charge >= 0.3 is 0 Å². The summed E-state index contributed by atoms with van der Waals surface area (Å²) in [6.45, 7) is 6.82. The van der Waals surface area contributed by atoms with Crippen molar-refractivity contribution in [1.82, 2.24) is 5.32 Å². The molecule has 32 heavy (non-hydrogen) atoms. The van der Waals surface area contributed by atoms with Crippen molar-refractivity contribution in [1.29, 1.82) is 5.26 Å². The SMILES string of the molecule is C[C@H](CO)NC(=O)CCC/C=C\C/C=C\CCOc1cccc(C(C)(C)CCCC#N)c1. The van der Waals surface area contributed by atoms with Crippen molar-refractivity contribution in [3.63, 3.8) is 0 Å². The number of carbonyl (C=O) groups excluding carboxylic acids is 1. The maximum Gasteiger partial charge on any atom is 0.220 e. The standard InChI is InChI=1S/C27H40N2O3/c1-23(22-30)29-26(31)17-10-8-6-4-5-7-9-13-20-32-25-16-14-15-24(21-25)27(2,3)18-11-12-19-28/h4,6-7,9,14-16,21,23,30H,5,8,10-13,17-18,20,22H2,1-3H3,(H,29,31)/b6-4-,9-7-/t23-/m1/s1. The molecular weight excluding hydrogens is 400 g/mol. The number of nitrogens with zero attached hydrogens (tertiary/aromatic N) is 1. The summed E-state index contributed by atoms with van der Waals surface area (Å²) < 4.78 is 5.91. The Labute approximate surface area is 194 Å². The van der Waals surface area contributed by atoms with E-state index in [1.54, 1.807) is 6.92 Å². The number of unbranched alkanes of at least 4 members (excludes halogenated alkanes) is 2. The Hall–Kier alpha value is -2.58. The summed E-state index contributed by atoms with van der Waals surface area (Å²) in [5, 5.41) is 20.4. The van der Waals surface area contributed by atoms with E-state index in [2.05, 4.69) is 61.7 Å². The van der Waals surface area contributed by atoms with Crippen LogP contribution in [-0.4, -0.2) is 30.3 Å². The summed E-state index contributed by atoms with van der Waals surface area (Å²) >= 11 is 0. The molecule has 1 atom stereocenters. The van der Waals surface area contributed by atoms with E-state index in [0.29, 0.717) is 19.4 Å². The Bertz CT molecular complexity index is 762. The monoisotopic (exact) mass is 440 g/mol. The van der Waals surface area contributed by atoms with Crippen LogP contribution in [0.25, 0.3) is 0 Å². The van der Waals surface area contributed by atoms with Crippen LogP contribution in [0.2, 0.25) is 0 Å². The van der Waals surface area contributed by atoms with Crippen molar-refractivity contribution >= 4 is 5.91 Å². The summed E-state index contributed by atoms with van der Waals surface area (Å²) in [4.78, 5) is 11.6. The fourth-order valence-corrected chi connectivity index (χ4v) is 3.29. The second-order valence-electron chi connectivity index (χ2n) is 8.78. The Kier molecular flexibility index (Phi) is 13.8. The van der Waals surface area contributed by atoms with Crippen LogP contribution in [0.3, 0.4) is 0 Å². The molecule has 0 unspecified atom stereocenters. The lowest BCUT2D eigenvalue weighted by molar-refractivity contribution is -0.122. The highest BCUT2D eigenvalue weighted by molar-refractivity contribution is 5.76. The van der Waals surface area contributed by atoms with Crippen LogP contribution in [-0.2, 0) is 10.2 Å². The van der Waals surface area contributed by atoms with Crippen LogP contribution in [0.15, 0.2) is 48.6 Å². The number of ether oxygens (including phenoxy) is 1. The van der Waals surface area contributed by atoms with E-state index in [-0.39, 0.29) is 24.0 Å². The van der Waals surface area contributed by atoms with Crippen molar-refractivity contribution in [2.45, 2.75) is 83.6 Å². The highest BCUT2D eigenvalue weighted by Crippen LogP contribution is 2.31. The van der Waals surface area contributed by atoms with Gasteiger partial charge in [-0.15, -0.1) is 0 Å². The summed E-state index contributed by atoms with van der Waals surface area (Å²) in [5.41, 5.74) is 1.28. The Balaban J connectivity index is 2.21. The maximum atomic E-state index is 11.6. The van der Waals surface area contributed by atoms with E-state index in [4.69, 9.17) is 15.1 Å². The Morgan fingerprint density at radius 2 is 1.97 bits per heavy atom. The summed E-state index contributed by atoms with van der Waals surface area (Å²) in [6, 6.07) is 10.3. The number of nitriles is 1. The molecule has 1 amide bonds. The third kappa shape index (κ3) is 12.3.